The minimum atomic E-state index is -0.842. The highest BCUT2D eigenvalue weighted by atomic mass is 19.1. The van der Waals surface area contributed by atoms with Gasteiger partial charge in [-0.1, -0.05) is 6.07 Å². The Bertz CT molecular complexity index is 1470. The third-order valence-corrected chi connectivity index (χ3v) is 6.72. The zero-order valence-corrected chi connectivity index (χ0v) is 21.6. The van der Waals surface area contributed by atoms with Gasteiger partial charge in [-0.3, -0.25) is 9.89 Å². The molecule has 0 spiro atoms. The molecule has 0 bridgehead atoms. The van der Waals surface area contributed by atoms with E-state index in [1.165, 1.54) is 14.2 Å². The minimum Gasteiger partial charge on any atom is -0.494 e. The lowest BCUT2D eigenvalue weighted by Gasteiger charge is -2.40. The van der Waals surface area contributed by atoms with Crippen molar-refractivity contribution in [2.45, 2.75) is 19.4 Å². The molecule has 1 amide bonds. The van der Waals surface area contributed by atoms with Gasteiger partial charge in [0.1, 0.15) is 0 Å². The molecule has 1 saturated heterocycles. The number of amides is 1. The molecule has 4 aromatic rings. The first-order valence-electron chi connectivity index (χ1n) is 12.2. The van der Waals surface area contributed by atoms with Gasteiger partial charge in [0.2, 0.25) is 0 Å². The molecule has 1 aliphatic heterocycles. The van der Waals surface area contributed by atoms with Crippen LogP contribution in [0.25, 0.3) is 22.0 Å². The first kappa shape index (κ1) is 25.5. The van der Waals surface area contributed by atoms with Gasteiger partial charge in [-0.25, -0.2) is 8.78 Å². The standard InChI is InChI=1S/C28H29F2N5O3/c1-28(2)15-35(12-11-31-28)18-8-5-16(6-9-18)27(36)32-26-19-10-7-17(13-20(19)33-34-26)23-24(29)21(37-3)14-22(38-4)25(23)30/h5-10,13-14,31H,11-12,15H2,1-4H3,(H2,32,33,34,36). The maximum Gasteiger partial charge on any atom is 0.256 e. The number of halogens is 2. The summed E-state index contributed by atoms with van der Waals surface area (Å²) in [4.78, 5) is 15.2. The van der Waals surface area contributed by atoms with E-state index in [2.05, 4.69) is 39.6 Å². The summed E-state index contributed by atoms with van der Waals surface area (Å²) < 4.78 is 40.0. The van der Waals surface area contributed by atoms with Crippen LogP contribution in [0.2, 0.25) is 0 Å². The van der Waals surface area contributed by atoms with Crippen LogP contribution in [0.15, 0.2) is 48.5 Å². The van der Waals surface area contributed by atoms with Crippen LogP contribution in [-0.4, -0.2) is 55.5 Å². The van der Waals surface area contributed by atoms with E-state index < -0.39 is 11.6 Å². The van der Waals surface area contributed by atoms with Crippen LogP contribution < -0.4 is 25.0 Å². The zero-order valence-electron chi connectivity index (χ0n) is 21.6. The number of hydrogen-bond acceptors (Lipinski definition) is 6. The van der Waals surface area contributed by atoms with Crippen LogP contribution in [0.3, 0.4) is 0 Å². The van der Waals surface area contributed by atoms with Gasteiger partial charge in [-0.15, -0.1) is 0 Å². The lowest BCUT2D eigenvalue weighted by atomic mass is 10.0. The number of benzene rings is 3. The first-order chi connectivity index (χ1) is 18.2. The van der Waals surface area contributed by atoms with Gasteiger partial charge in [-0.05, 0) is 55.8 Å². The summed E-state index contributed by atoms with van der Waals surface area (Å²) in [6.45, 7) is 6.99. The lowest BCUT2D eigenvalue weighted by Crippen LogP contribution is -2.57. The minimum absolute atomic E-state index is 0.0192. The van der Waals surface area contributed by atoms with E-state index in [9.17, 15) is 13.6 Å². The van der Waals surface area contributed by atoms with E-state index in [-0.39, 0.29) is 34.1 Å². The fourth-order valence-corrected chi connectivity index (χ4v) is 4.77. The Morgan fingerprint density at radius 3 is 2.34 bits per heavy atom. The van der Waals surface area contributed by atoms with Crippen molar-refractivity contribution in [2.75, 3.05) is 44.1 Å². The summed E-state index contributed by atoms with van der Waals surface area (Å²) in [5.74, 6) is -1.96. The molecule has 0 radical (unpaired) electrons. The number of anilines is 2. The van der Waals surface area contributed by atoms with E-state index in [0.29, 0.717) is 22.3 Å². The van der Waals surface area contributed by atoms with E-state index >= 15 is 0 Å². The Hall–Kier alpha value is -4.18. The molecule has 3 N–H and O–H groups in total. The van der Waals surface area contributed by atoms with E-state index in [0.717, 1.165) is 31.4 Å². The lowest BCUT2D eigenvalue weighted by molar-refractivity contribution is 0.102. The molecule has 0 saturated carbocycles. The van der Waals surface area contributed by atoms with E-state index in [4.69, 9.17) is 9.47 Å². The van der Waals surface area contributed by atoms with Crippen molar-refractivity contribution in [3.8, 4) is 22.6 Å². The van der Waals surface area contributed by atoms with Crippen LogP contribution in [-0.2, 0) is 0 Å². The van der Waals surface area contributed by atoms with Crippen LogP contribution in [0, 0.1) is 11.6 Å². The van der Waals surface area contributed by atoms with Gasteiger partial charge in [-0.2, -0.15) is 5.10 Å². The average Bonchev–Trinajstić information content (AvgIpc) is 3.30. The number of methoxy groups -OCH3 is 2. The second-order valence-electron chi connectivity index (χ2n) is 9.85. The summed E-state index contributed by atoms with van der Waals surface area (Å²) in [7, 11) is 2.60. The van der Waals surface area contributed by atoms with Gasteiger partial charge in [0, 0.05) is 47.9 Å². The first-order valence-corrected chi connectivity index (χ1v) is 12.2. The summed E-state index contributed by atoms with van der Waals surface area (Å²) in [5.41, 5.74) is 2.04. The number of nitrogens with one attached hydrogen (secondary N) is 3. The summed E-state index contributed by atoms with van der Waals surface area (Å²) in [6.07, 6.45) is 0. The highest BCUT2D eigenvalue weighted by molar-refractivity contribution is 6.08. The fourth-order valence-electron chi connectivity index (χ4n) is 4.77. The number of H-pyrrole nitrogens is 1. The summed E-state index contributed by atoms with van der Waals surface area (Å²) in [6, 6.07) is 13.4. The number of aromatic amines is 1. The van der Waals surface area contributed by atoms with Crippen molar-refractivity contribution >= 4 is 28.3 Å². The number of carbonyl (C=O) groups excluding carboxylic acids is 1. The highest BCUT2D eigenvalue weighted by Crippen LogP contribution is 2.38. The quantitative estimate of drug-likeness (QED) is 0.332. The molecule has 5 rings (SSSR count). The molecular formula is C28H29F2N5O3. The molecule has 10 heteroatoms. The zero-order chi connectivity index (χ0) is 27.0. The Morgan fingerprint density at radius 1 is 1.03 bits per heavy atom. The number of rotatable bonds is 6. The SMILES string of the molecule is COc1cc(OC)c(F)c(-c2ccc3c(NC(=O)c4ccc(N5CCNC(C)(C)C5)cc4)n[nH]c3c2)c1F. The van der Waals surface area contributed by atoms with Gasteiger partial charge in [0.15, 0.2) is 29.0 Å². The summed E-state index contributed by atoms with van der Waals surface area (Å²) in [5, 5.41) is 13.9. The third-order valence-electron chi connectivity index (χ3n) is 6.72. The van der Waals surface area contributed by atoms with Gasteiger partial charge < -0.3 is 25.0 Å². The van der Waals surface area contributed by atoms with Gasteiger partial charge in [0.25, 0.3) is 5.91 Å². The van der Waals surface area contributed by atoms with Crippen molar-refractivity contribution in [1.29, 1.82) is 0 Å². The Kier molecular flexibility index (Phi) is 6.66. The van der Waals surface area contributed by atoms with E-state index in [1.54, 1.807) is 30.3 Å². The number of piperazine rings is 1. The molecule has 198 valence electrons. The molecule has 8 nitrogen and oxygen atoms in total. The number of ether oxygens (including phenoxy) is 2. The normalized spacial score (nSPS) is 14.9. The van der Waals surface area contributed by atoms with Crippen molar-refractivity contribution in [2.24, 2.45) is 0 Å². The monoisotopic (exact) mass is 521 g/mol. The second-order valence-corrected chi connectivity index (χ2v) is 9.85. The fraction of sp³-hybridized carbons (Fsp3) is 0.286. The van der Waals surface area contributed by atoms with Gasteiger partial charge >= 0.3 is 0 Å². The number of nitrogens with zero attached hydrogens (tertiary/aromatic N) is 2. The Morgan fingerprint density at radius 2 is 1.71 bits per heavy atom. The largest absolute Gasteiger partial charge is 0.494 e. The van der Waals surface area contributed by atoms with Crippen LogP contribution in [0.4, 0.5) is 20.3 Å². The Balaban J connectivity index is 1.37. The number of hydrogen-bond donors (Lipinski definition) is 3. The maximum atomic E-state index is 15.0. The molecule has 0 unspecified atom stereocenters. The predicted octanol–water partition coefficient (Wildman–Crippen LogP) is 4.97. The number of fused-ring (bicyclic) bond motifs is 1. The molecule has 3 aromatic carbocycles. The smallest absolute Gasteiger partial charge is 0.256 e. The van der Waals surface area contributed by atoms with E-state index in [1.807, 2.05) is 12.1 Å². The molecule has 1 aromatic heterocycles. The van der Waals surface area contributed by atoms with Crippen LogP contribution >= 0.6 is 0 Å². The van der Waals surface area contributed by atoms with Crippen molar-refractivity contribution in [3.05, 3.63) is 65.7 Å². The third kappa shape index (κ3) is 4.74. The van der Waals surface area contributed by atoms with Crippen molar-refractivity contribution < 1.29 is 23.0 Å². The average molecular weight is 522 g/mol. The van der Waals surface area contributed by atoms with Crippen LogP contribution in [0.5, 0.6) is 11.5 Å². The molecule has 2 heterocycles. The molecular weight excluding hydrogens is 492 g/mol. The molecule has 0 atom stereocenters. The molecule has 1 aliphatic rings. The van der Waals surface area contributed by atoms with Gasteiger partial charge in [0.05, 0.1) is 25.3 Å². The number of carbonyl (C=O) groups is 1. The van der Waals surface area contributed by atoms with Crippen molar-refractivity contribution in [1.82, 2.24) is 15.5 Å². The topological polar surface area (TPSA) is 91.5 Å². The molecule has 38 heavy (non-hydrogen) atoms. The predicted molar refractivity (Wildman–Crippen MR) is 143 cm³/mol. The second kappa shape index (κ2) is 9.94. The maximum absolute atomic E-state index is 15.0. The van der Waals surface area contributed by atoms with Crippen LogP contribution in [0.1, 0.15) is 24.2 Å². The molecule has 0 aliphatic carbocycles. The summed E-state index contributed by atoms with van der Waals surface area (Å²) >= 11 is 0. The molecule has 1 fully saturated rings. The number of aromatic nitrogens is 2. The Labute approximate surface area is 218 Å². The van der Waals surface area contributed by atoms with Crippen molar-refractivity contribution in [3.63, 3.8) is 0 Å². The highest BCUT2D eigenvalue weighted by Gasteiger charge is 2.26.